The summed E-state index contributed by atoms with van der Waals surface area (Å²) in [5, 5.41) is 0. The summed E-state index contributed by atoms with van der Waals surface area (Å²) in [4.78, 5) is 0. The SMILES string of the molecule is CN([SiH](C)C)[Si](C)(C)C.[MgH2]. The maximum atomic E-state index is 2.63. The van der Waals surface area contributed by atoms with E-state index in [1.54, 1.807) is 0 Å². The van der Waals surface area contributed by atoms with Crippen LogP contribution in [0.5, 0.6) is 0 Å². The average Bonchev–Trinajstić information content (AvgIpc) is 1.62. The lowest BCUT2D eigenvalue weighted by molar-refractivity contribution is 0.784. The van der Waals surface area contributed by atoms with Crippen LogP contribution < -0.4 is 0 Å². The first-order chi connectivity index (χ1) is 3.85. The third-order valence-electron chi connectivity index (χ3n) is 1.83. The fourth-order valence-corrected chi connectivity index (χ4v) is 6.97. The lowest BCUT2D eigenvalue weighted by Gasteiger charge is -2.33. The highest BCUT2D eigenvalue weighted by Crippen LogP contribution is 2.07. The van der Waals surface area contributed by atoms with Crippen LogP contribution in [0.3, 0.4) is 0 Å². The summed E-state index contributed by atoms with van der Waals surface area (Å²) >= 11 is 0. The Balaban J connectivity index is 0. The zero-order chi connectivity index (χ0) is 7.65. The van der Waals surface area contributed by atoms with E-state index in [1.165, 1.54) is 0 Å². The second kappa shape index (κ2) is 4.92. The van der Waals surface area contributed by atoms with E-state index in [9.17, 15) is 0 Å². The van der Waals surface area contributed by atoms with E-state index in [4.69, 9.17) is 0 Å². The maximum absolute atomic E-state index is 2.63. The molecule has 0 saturated carbocycles. The van der Waals surface area contributed by atoms with Crippen molar-refractivity contribution >= 4 is 40.2 Å². The van der Waals surface area contributed by atoms with Crippen molar-refractivity contribution in [2.75, 3.05) is 7.05 Å². The molecule has 0 spiro atoms. The van der Waals surface area contributed by atoms with Crippen molar-refractivity contribution in [3.05, 3.63) is 0 Å². The number of nitrogens with zero attached hydrogens (tertiary/aromatic N) is 1. The molecule has 0 aliphatic rings. The maximum Gasteiger partial charge on any atom is 0.316 e. The van der Waals surface area contributed by atoms with Crippen molar-refractivity contribution in [2.45, 2.75) is 32.7 Å². The Morgan fingerprint density at radius 2 is 1.40 bits per heavy atom. The molecule has 0 aliphatic carbocycles. The minimum Gasteiger partial charge on any atom is -0.351 e. The Morgan fingerprint density at radius 3 is 1.40 bits per heavy atom. The predicted octanol–water partition coefficient (Wildman–Crippen LogP) is 0.820. The summed E-state index contributed by atoms with van der Waals surface area (Å²) in [5.74, 6) is 0. The molecule has 1 nitrogen and oxygen atoms in total. The fraction of sp³-hybridized carbons (Fsp3) is 1.00. The summed E-state index contributed by atoms with van der Waals surface area (Å²) in [7, 11) is 0.858. The van der Waals surface area contributed by atoms with Crippen LogP contribution in [0.2, 0.25) is 32.7 Å². The van der Waals surface area contributed by atoms with Crippen LogP contribution in [-0.4, -0.2) is 51.5 Å². The van der Waals surface area contributed by atoms with E-state index < -0.39 is 17.2 Å². The van der Waals surface area contributed by atoms with E-state index >= 15 is 0 Å². The Morgan fingerprint density at radius 1 is 1.10 bits per heavy atom. The lowest BCUT2D eigenvalue weighted by Crippen LogP contribution is -2.49. The third-order valence-corrected chi connectivity index (χ3v) is 9.37. The normalized spacial score (nSPS) is 12.0. The molecule has 0 unspecified atom stereocenters. The fourth-order valence-electron chi connectivity index (χ4n) is 0.775. The molecule has 0 aromatic heterocycles. The van der Waals surface area contributed by atoms with Gasteiger partial charge in [0.15, 0.2) is 0 Å². The molecule has 0 aliphatic heterocycles. The smallest absolute Gasteiger partial charge is 0.316 e. The highest BCUT2D eigenvalue weighted by molar-refractivity contribution is 6.82. The predicted molar refractivity (Wildman–Crippen MR) is 58.5 cm³/mol. The van der Waals surface area contributed by atoms with Gasteiger partial charge in [-0.2, -0.15) is 0 Å². The van der Waals surface area contributed by atoms with Gasteiger partial charge in [0.05, 0.1) is 8.96 Å². The highest BCUT2D eigenvalue weighted by Gasteiger charge is 2.21. The molecule has 0 aromatic rings. The topological polar surface area (TPSA) is 3.24 Å². The van der Waals surface area contributed by atoms with Gasteiger partial charge in [-0.25, -0.2) is 0 Å². The molecule has 0 aromatic carbocycles. The van der Waals surface area contributed by atoms with Gasteiger partial charge in [-0.05, 0) is 7.05 Å². The minimum atomic E-state index is -0.929. The minimum absolute atomic E-state index is 0. The highest BCUT2D eigenvalue weighted by atomic mass is 28.4. The van der Waals surface area contributed by atoms with Crippen LogP contribution in [0.25, 0.3) is 0 Å². The molecular weight excluding hydrogens is 167 g/mol. The molecule has 0 N–H and O–H groups in total. The molecule has 0 heterocycles. The summed E-state index contributed by atoms with van der Waals surface area (Å²) < 4.78 is 2.63. The zero-order valence-electron chi connectivity index (χ0n) is 7.52. The van der Waals surface area contributed by atoms with E-state index in [-0.39, 0.29) is 23.1 Å². The lowest BCUT2D eigenvalue weighted by atomic mass is 11.6. The van der Waals surface area contributed by atoms with Crippen LogP contribution in [0.4, 0.5) is 0 Å². The Kier molecular flexibility index (Phi) is 6.76. The number of hydrogen-bond acceptors (Lipinski definition) is 1. The van der Waals surface area contributed by atoms with Gasteiger partial charge in [0.1, 0.15) is 8.24 Å². The van der Waals surface area contributed by atoms with Crippen molar-refractivity contribution in [1.82, 2.24) is 4.23 Å². The van der Waals surface area contributed by atoms with E-state index in [2.05, 4.69) is 44.0 Å². The van der Waals surface area contributed by atoms with Crippen molar-refractivity contribution in [3.63, 3.8) is 0 Å². The molecule has 0 atom stereocenters. The van der Waals surface area contributed by atoms with Crippen molar-refractivity contribution in [1.29, 1.82) is 0 Å². The molecule has 0 bridgehead atoms. The monoisotopic (exact) mass is 187 g/mol. The van der Waals surface area contributed by atoms with Crippen LogP contribution >= 0.6 is 0 Å². The Labute approximate surface area is 84.1 Å². The number of rotatable bonds is 2. The van der Waals surface area contributed by atoms with Crippen LogP contribution in [0, 0.1) is 0 Å². The average molecular weight is 188 g/mol. The molecule has 0 saturated heterocycles. The van der Waals surface area contributed by atoms with Crippen LogP contribution in [0.1, 0.15) is 0 Å². The summed E-state index contributed by atoms with van der Waals surface area (Å²) in [6, 6.07) is 0. The van der Waals surface area contributed by atoms with Gasteiger partial charge in [-0.15, -0.1) is 0 Å². The summed E-state index contributed by atoms with van der Waals surface area (Å²) in [5.41, 5.74) is 0. The van der Waals surface area contributed by atoms with Gasteiger partial charge in [0.25, 0.3) is 0 Å². The van der Waals surface area contributed by atoms with Gasteiger partial charge >= 0.3 is 23.1 Å². The van der Waals surface area contributed by atoms with Gasteiger partial charge in [-0.3, -0.25) is 0 Å². The van der Waals surface area contributed by atoms with Crippen molar-refractivity contribution in [3.8, 4) is 0 Å². The second-order valence-corrected chi connectivity index (χ2v) is 12.4. The van der Waals surface area contributed by atoms with Gasteiger partial charge in [0, 0.05) is 0 Å². The van der Waals surface area contributed by atoms with E-state index in [0.717, 1.165) is 0 Å². The molecule has 0 rings (SSSR count). The first-order valence-corrected chi connectivity index (χ1v) is 9.86. The quantitative estimate of drug-likeness (QED) is 0.579. The first-order valence-electron chi connectivity index (χ1n) is 3.58. The van der Waals surface area contributed by atoms with Crippen molar-refractivity contribution in [2.24, 2.45) is 0 Å². The van der Waals surface area contributed by atoms with E-state index in [1.807, 2.05) is 0 Å². The molecule has 0 fully saturated rings. The molecule has 10 heavy (non-hydrogen) atoms. The van der Waals surface area contributed by atoms with Crippen LogP contribution in [-0.2, 0) is 0 Å². The second-order valence-electron chi connectivity index (χ2n) is 3.88. The van der Waals surface area contributed by atoms with Crippen molar-refractivity contribution < 1.29 is 0 Å². The molecule has 4 heteroatoms. The largest absolute Gasteiger partial charge is 0.351 e. The van der Waals surface area contributed by atoms with E-state index in [0.29, 0.717) is 0 Å². The molecule has 0 radical (unpaired) electrons. The first kappa shape index (κ1) is 13.7. The van der Waals surface area contributed by atoms with Crippen LogP contribution in [0.15, 0.2) is 0 Å². The standard InChI is InChI=1S/C6H19NSi2.Mg.2H/c1-7(8(2)3)9(4,5)6;;;/h8H,1-6H3;;;. The Hall–Kier alpha value is 1.16. The van der Waals surface area contributed by atoms with Gasteiger partial charge in [0.2, 0.25) is 0 Å². The Bertz CT molecular complexity index is 90.2. The third kappa shape index (κ3) is 4.90. The van der Waals surface area contributed by atoms with Gasteiger partial charge in [-0.1, -0.05) is 32.7 Å². The molecular formula is C6H21MgNSi2. The summed E-state index contributed by atoms with van der Waals surface area (Å²) in [6.45, 7) is 12.0. The summed E-state index contributed by atoms with van der Waals surface area (Å²) in [6.07, 6.45) is 0. The number of hydrogen-bond donors (Lipinski definition) is 0. The van der Waals surface area contributed by atoms with Gasteiger partial charge < -0.3 is 4.23 Å². The molecule has 60 valence electrons. The zero-order valence-corrected chi connectivity index (χ0v) is 9.68. The molecule has 0 amide bonds.